The highest BCUT2D eigenvalue weighted by atomic mass is 16.5. The van der Waals surface area contributed by atoms with E-state index in [1.807, 2.05) is 4.90 Å². The van der Waals surface area contributed by atoms with E-state index in [9.17, 15) is 4.79 Å². The number of rotatable bonds is 6. The highest BCUT2D eigenvalue weighted by Gasteiger charge is 2.31. The Morgan fingerprint density at radius 1 is 1.44 bits per heavy atom. The summed E-state index contributed by atoms with van der Waals surface area (Å²) < 4.78 is 15.9. The number of aromatic nitrogens is 3. The molecule has 0 saturated carbocycles. The van der Waals surface area contributed by atoms with E-state index in [0.29, 0.717) is 43.4 Å². The fraction of sp³-hybridized carbons (Fsp3) is 0.529. The van der Waals surface area contributed by atoms with Crippen LogP contribution in [0.5, 0.6) is 0 Å². The van der Waals surface area contributed by atoms with Gasteiger partial charge in [-0.25, -0.2) is 0 Å². The number of carbonyl (C=O) groups excluding carboxylic acids is 1. The number of methoxy groups -OCH3 is 1. The molecule has 0 spiro atoms. The van der Waals surface area contributed by atoms with Crippen LogP contribution >= 0.6 is 0 Å². The molecule has 1 aliphatic rings. The third kappa shape index (κ3) is 4.02. The third-order valence-corrected chi connectivity index (χ3v) is 4.31. The average Bonchev–Trinajstić information content (AvgIpc) is 3.01. The second-order valence-electron chi connectivity index (χ2n) is 5.96. The molecule has 0 aliphatic carbocycles. The molecule has 8 heteroatoms. The predicted molar refractivity (Wildman–Crippen MR) is 87.9 cm³/mol. The van der Waals surface area contributed by atoms with Gasteiger partial charge in [-0.2, -0.15) is 0 Å². The average molecular weight is 346 g/mol. The van der Waals surface area contributed by atoms with Crippen molar-refractivity contribution in [1.82, 2.24) is 20.0 Å². The molecular formula is C17H22N4O4. The smallest absolute Gasteiger partial charge is 0.276 e. The molecule has 0 unspecified atom stereocenters. The van der Waals surface area contributed by atoms with Gasteiger partial charge in [0, 0.05) is 32.2 Å². The van der Waals surface area contributed by atoms with Gasteiger partial charge < -0.3 is 18.9 Å². The van der Waals surface area contributed by atoms with Crippen molar-refractivity contribution in [2.75, 3.05) is 26.9 Å². The van der Waals surface area contributed by atoms with Gasteiger partial charge in [0.2, 0.25) is 0 Å². The molecular weight excluding hydrogens is 324 g/mol. The molecule has 134 valence electrons. The summed E-state index contributed by atoms with van der Waals surface area (Å²) in [5.41, 5.74) is 1.93. The van der Waals surface area contributed by atoms with Crippen LogP contribution in [0.3, 0.4) is 0 Å². The van der Waals surface area contributed by atoms with Crippen molar-refractivity contribution >= 4 is 5.91 Å². The van der Waals surface area contributed by atoms with Crippen LogP contribution in [0.2, 0.25) is 0 Å². The first-order valence-electron chi connectivity index (χ1n) is 8.28. The number of carbonyl (C=O) groups is 1. The van der Waals surface area contributed by atoms with Gasteiger partial charge in [-0.1, -0.05) is 5.16 Å². The van der Waals surface area contributed by atoms with Crippen molar-refractivity contribution in [2.45, 2.75) is 32.4 Å². The second-order valence-corrected chi connectivity index (χ2v) is 5.96. The lowest BCUT2D eigenvalue weighted by Crippen LogP contribution is -2.49. The molecule has 3 heterocycles. The van der Waals surface area contributed by atoms with Gasteiger partial charge in [-0.05, 0) is 19.8 Å². The van der Waals surface area contributed by atoms with E-state index in [0.717, 1.165) is 18.5 Å². The van der Waals surface area contributed by atoms with Gasteiger partial charge in [0.25, 0.3) is 5.91 Å². The van der Waals surface area contributed by atoms with Crippen molar-refractivity contribution < 1.29 is 18.8 Å². The van der Waals surface area contributed by atoms with Crippen molar-refractivity contribution in [2.24, 2.45) is 0 Å². The minimum Gasteiger partial charge on any atom is -0.380 e. The van der Waals surface area contributed by atoms with Crippen LogP contribution in [0, 0.1) is 6.92 Å². The van der Waals surface area contributed by atoms with Gasteiger partial charge in [0.05, 0.1) is 37.1 Å². The van der Waals surface area contributed by atoms with E-state index in [1.165, 1.54) is 0 Å². The zero-order valence-corrected chi connectivity index (χ0v) is 14.5. The predicted octanol–water partition coefficient (Wildman–Crippen LogP) is 1.39. The lowest BCUT2D eigenvalue weighted by atomic mass is 10.1. The molecule has 0 N–H and O–H groups in total. The van der Waals surface area contributed by atoms with E-state index >= 15 is 0 Å². The first kappa shape index (κ1) is 17.5. The molecule has 0 radical (unpaired) electrons. The Balaban J connectivity index is 1.73. The van der Waals surface area contributed by atoms with Gasteiger partial charge in [0.15, 0.2) is 5.69 Å². The molecule has 2 aromatic heterocycles. The highest BCUT2D eigenvalue weighted by molar-refractivity contribution is 5.94. The number of ether oxygens (including phenoxy) is 2. The second kappa shape index (κ2) is 8.17. The van der Waals surface area contributed by atoms with Gasteiger partial charge in [-0.15, -0.1) is 0 Å². The normalized spacial score (nSPS) is 17.7. The van der Waals surface area contributed by atoms with Crippen molar-refractivity contribution in [3.63, 3.8) is 0 Å². The minimum atomic E-state index is -0.142. The third-order valence-electron chi connectivity index (χ3n) is 4.31. The number of hydrogen-bond acceptors (Lipinski definition) is 7. The topological polar surface area (TPSA) is 90.6 Å². The Bertz CT molecular complexity index is 704. The van der Waals surface area contributed by atoms with Crippen LogP contribution < -0.4 is 0 Å². The molecule has 25 heavy (non-hydrogen) atoms. The standard InChI is InChI=1S/C17H22N4O4/c1-12-15(11-23-2)16(20-25-12)17(22)21-7-8-24-10-14(21)4-3-13-9-18-5-6-19-13/h5-6,9,14H,3-4,7-8,10-11H2,1-2H3/t14-/m0/s1. The maximum Gasteiger partial charge on any atom is 0.276 e. The number of amides is 1. The Morgan fingerprint density at radius 3 is 3.08 bits per heavy atom. The number of morpholine rings is 1. The monoisotopic (exact) mass is 346 g/mol. The summed E-state index contributed by atoms with van der Waals surface area (Å²) in [4.78, 5) is 23.2. The van der Waals surface area contributed by atoms with Gasteiger partial charge in [-0.3, -0.25) is 14.8 Å². The van der Waals surface area contributed by atoms with Crippen molar-refractivity contribution in [1.29, 1.82) is 0 Å². The maximum atomic E-state index is 13.0. The molecule has 1 atom stereocenters. The summed E-state index contributed by atoms with van der Waals surface area (Å²) in [5, 5.41) is 3.95. The lowest BCUT2D eigenvalue weighted by Gasteiger charge is -2.35. The Morgan fingerprint density at radius 2 is 2.32 bits per heavy atom. The lowest BCUT2D eigenvalue weighted by molar-refractivity contribution is -0.00476. The van der Waals surface area contributed by atoms with Crippen LogP contribution in [0.15, 0.2) is 23.1 Å². The molecule has 0 aromatic carbocycles. The molecule has 3 rings (SSSR count). The zero-order valence-electron chi connectivity index (χ0n) is 14.5. The Hall–Kier alpha value is -2.32. The summed E-state index contributed by atoms with van der Waals surface area (Å²) in [7, 11) is 1.58. The number of aryl methyl sites for hydroxylation is 2. The SMILES string of the molecule is COCc1c(C(=O)N2CCOC[C@@H]2CCc2cnccn2)noc1C. The summed E-state index contributed by atoms with van der Waals surface area (Å²) in [6, 6.07) is -0.0318. The van der Waals surface area contributed by atoms with Crippen molar-refractivity contribution in [3.05, 3.63) is 41.3 Å². The molecule has 2 aromatic rings. The fourth-order valence-electron chi connectivity index (χ4n) is 2.94. The van der Waals surface area contributed by atoms with E-state index < -0.39 is 0 Å². The summed E-state index contributed by atoms with van der Waals surface area (Å²) in [5.74, 6) is 0.464. The number of hydrogen-bond donors (Lipinski definition) is 0. The molecule has 8 nitrogen and oxygen atoms in total. The highest BCUT2D eigenvalue weighted by Crippen LogP contribution is 2.21. The minimum absolute atomic E-state index is 0.0318. The summed E-state index contributed by atoms with van der Waals surface area (Å²) in [6.07, 6.45) is 6.54. The summed E-state index contributed by atoms with van der Waals surface area (Å²) in [6.45, 7) is 3.63. The largest absolute Gasteiger partial charge is 0.380 e. The zero-order chi connectivity index (χ0) is 17.6. The molecule has 1 fully saturated rings. The quantitative estimate of drug-likeness (QED) is 0.780. The van der Waals surface area contributed by atoms with Gasteiger partial charge >= 0.3 is 0 Å². The van der Waals surface area contributed by atoms with Crippen LogP contribution in [0.4, 0.5) is 0 Å². The Kier molecular flexibility index (Phi) is 5.72. The first-order chi connectivity index (χ1) is 12.2. The van der Waals surface area contributed by atoms with Crippen LogP contribution in [-0.4, -0.2) is 58.8 Å². The molecule has 0 bridgehead atoms. The molecule has 1 amide bonds. The summed E-state index contributed by atoms with van der Waals surface area (Å²) >= 11 is 0. The van der Waals surface area contributed by atoms with E-state index in [2.05, 4.69) is 15.1 Å². The molecule has 1 saturated heterocycles. The molecule has 1 aliphatic heterocycles. The fourth-order valence-corrected chi connectivity index (χ4v) is 2.94. The van der Waals surface area contributed by atoms with E-state index in [4.69, 9.17) is 14.0 Å². The van der Waals surface area contributed by atoms with Crippen LogP contribution in [0.25, 0.3) is 0 Å². The van der Waals surface area contributed by atoms with Gasteiger partial charge in [0.1, 0.15) is 5.76 Å². The first-order valence-corrected chi connectivity index (χ1v) is 8.28. The van der Waals surface area contributed by atoms with Crippen LogP contribution in [-0.2, 0) is 22.5 Å². The van der Waals surface area contributed by atoms with Crippen LogP contribution in [0.1, 0.15) is 33.9 Å². The maximum absolute atomic E-state index is 13.0. The van der Waals surface area contributed by atoms with Crippen molar-refractivity contribution in [3.8, 4) is 0 Å². The van der Waals surface area contributed by atoms with E-state index in [-0.39, 0.29) is 11.9 Å². The van der Waals surface area contributed by atoms with E-state index in [1.54, 1.807) is 32.6 Å². The Labute approximate surface area is 146 Å². The number of nitrogens with zero attached hydrogens (tertiary/aromatic N) is 4.